The zero-order chi connectivity index (χ0) is 26.5. The standard InChI is InChI=1S/C26H34ClN3O5/c1-15-10-8-12-18(17(15)3)22(23(32)29-21-16(2)11-9-13-19(21)27)30(7)24(33)20(14-31)28-25(34)35-26(4,5)6/h8-13,20,22,31H,14H2,1-7H3,(H,28,34)(H,29,32). The minimum absolute atomic E-state index is 0.367. The second-order valence-electron chi connectivity index (χ2n) is 9.44. The summed E-state index contributed by atoms with van der Waals surface area (Å²) in [6, 6.07) is 8.37. The lowest BCUT2D eigenvalue weighted by atomic mass is 9.95. The number of rotatable bonds is 7. The van der Waals surface area contributed by atoms with Gasteiger partial charge in [0, 0.05) is 7.05 Å². The number of aryl methyl sites for hydroxylation is 2. The predicted octanol–water partition coefficient (Wildman–Crippen LogP) is 4.29. The van der Waals surface area contributed by atoms with E-state index in [0.29, 0.717) is 16.3 Å². The van der Waals surface area contributed by atoms with Crippen LogP contribution in [0.25, 0.3) is 0 Å². The highest BCUT2D eigenvalue weighted by molar-refractivity contribution is 6.34. The Kier molecular flexibility index (Phi) is 9.29. The maximum Gasteiger partial charge on any atom is 0.408 e. The van der Waals surface area contributed by atoms with Crippen molar-refractivity contribution >= 4 is 35.2 Å². The van der Waals surface area contributed by atoms with Gasteiger partial charge in [0.15, 0.2) is 0 Å². The van der Waals surface area contributed by atoms with E-state index in [4.69, 9.17) is 16.3 Å². The molecule has 8 nitrogen and oxygen atoms in total. The van der Waals surface area contributed by atoms with Gasteiger partial charge in [-0.3, -0.25) is 9.59 Å². The van der Waals surface area contributed by atoms with E-state index in [2.05, 4.69) is 10.6 Å². The summed E-state index contributed by atoms with van der Waals surface area (Å²) in [5.74, 6) is -1.14. The molecule has 35 heavy (non-hydrogen) atoms. The summed E-state index contributed by atoms with van der Waals surface area (Å²) in [6.07, 6.45) is -0.849. The van der Waals surface area contributed by atoms with Crippen LogP contribution in [-0.4, -0.2) is 53.2 Å². The van der Waals surface area contributed by atoms with Crippen LogP contribution in [0.1, 0.15) is 49.1 Å². The van der Waals surface area contributed by atoms with E-state index in [-0.39, 0.29) is 0 Å². The van der Waals surface area contributed by atoms with Gasteiger partial charge < -0.3 is 25.4 Å². The van der Waals surface area contributed by atoms with Gasteiger partial charge in [-0.05, 0) is 69.9 Å². The van der Waals surface area contributed by atoms with E-state index in [1.54, 1.807) is 45.0 Å². The van der Waals surface area contributed by atoms with Crippen LogP contribution in [0.15, 0.2) is 36.4 Å². The van der Waals surface area contributed by atoms with Crippen LogP contribution in [0, 0.1) is 20.8 Å². The summed E-state index contributed by atoms with van der Waals surface area (Å²) in [5, 5.41) is 15.5. The molecule has 2 aromatic rings. The number of para-hydroxylation sites is 1. The Morgan fingerprint density at radius 3 is 2.23 bits per heavy atom. The van der Waals surface area contributed by atoms with Gasteiger partial charge in [0.25, 0.3) is 5.91 Å². The number of aliphatic hydroxyl groups is 1. The van der Waals surface area contributed by atoms with Crippen molar-refractivity contribution in [2.75, 3.05) is 19.0 Å². The molecule has 0 radical (unpaired) electrons. The number of alkyl carbamates (subject to hydrolysis) is 1. The first-order valence-electron chi connectivity index (χ1n) is 11.3. The molecule has 2 atom stereocenters. The van der Waals surface area contributed by atoms with Crippen LogP contribution in [0.5, 0.6) is 0 Å². The fraction of sp³-hybridized carbons (Fsp3) is 0.423. The molecule has 190 valence electrons. The van der Waals surface area contributed by atoms with Crippen molar-refractivity contribution in [3.05, 3.63) is 63.7 Å². The Morgan fingerprint density at radius 2 is 1.66 bits per heavy atom. The largest absolute Gasteiger partial charge is 0.444 e. The first kappa shape index (κ1) is 28.1. The average molecular weight is 504 g/mol. The fourth-order valence-corrected chi connectivity index (χ4v) is 3.85. The van der Waals surface area contributed by atoms with E-state index >= 15 is 0 Å². The van der Waals surface area contributed by atoms with Crippen LogP contribution in [0.4, 0.5) is 10.5 Å². The lowest BCUT2D eigenvalue weighted by molar-refractivity contribution is -0.139. The fourth-order valence-electron chi connectivity index (χ4n) is 3.59. The third-order valence-electron chi connectivity index (χ3n) is 5.57. The first-order valence-corrected chi connectivity index (χ1v) is 11.6. The van der Waals surface area contributed by atoms with E-state index in [9.17, 15) is 19.5 Å². The number of carbonyl (C=O) groups is 3. The predicted molar refractivity (Wildman–Crippen MR) is 136 cm³/mol. The van der Waals surface area contributed by atoms with Gasteiger partial charge in [-0.1, -0.05) is 41.9 Å². The van der Waals surface area contributed by atoms with Gasteiger partial charge in [-0.25, -0.2) is 4.79 Å². The summed E-state index contributed by atoms with van der Waals surface area (Å²) in [4.78, 5) is 40.4. The maximum absolute atomic E-state index is 13.6. The summed E-state index contributed by atoms with van der Waals surface area (Å²) in [6.45, 7) is 9.98. The first-order chi connectivity index (χ1) is 16.3. The number of carbonyl (C=O) groups excluding carboxylic acids is 3. The van der Waals surface area contributed by atoms with Crippen molar-refractivity contribution in [3.8, 4) is 0 Å². The highest BCUT2D eigenvalue weighted by Crippen LogP contribution is 2.30. The lowest BCUT2D eigenvalue weighted by Crippen LogP contribution is -2.52. The highest BCUT2D eigenvalue weighted by atomic mass is 35.5. The molecular weight excluding hydrogens is 470 g/mol. The molecule has 0 heterocycles. The van der Waals surface area contributed by atoms with Crippen LogP contribution in [-0.2, 0) is 14.3 Å². The molecule has 2 aromatic carbocycles. The molecule has 0 aliphatic carbocycles. The number of hydrogen-bond acceptors (Lipinski definition) is 5. The molecule has 2 rings (SSSR count). The van der Waals surface area contributed by atoms with Crippen molar-refractivity contribution in [2.45, 2.75) is 59.2 Å². The zero-order valence-corrected chi connectivity index (χ0v) is 22.0. The van der Waals surface area contributed by atoms with Crippen molar-refractivity contribution in [2.24, 2.45) is 0 Å². The van der Waals surface area contributed by atoms with E-state index < -0.39 is 42.2 Å². The SMILES string of the molecule is Cc1cccc(C(C(=O)Nc2c(C)cccc2Cl)N(C)C(=O)C(CO)NC(=O)OC(C)(C)C)c1C. The van der Waals surface area contributed by atoms with Gasteiger partial charge >= 0.3 is 6.09 Å². The number of amides is 3. The number of nitrogens with zero attached hydrogens (tertiary/aromatic N) is 1. The quantitative estimate of drug-likeness (QED) is 0.522. The Labute approximate surface area is 211 Å². The second-order valence-corrected chi connectivity index (χ2v) is 9.85. The summed E-state index contributed by atoms with van der Waals surface area (Å²) >= 11 is 6.32. The monoisotopic (exact) mass is 503 g/mol. The smallest absolute Gasteiger partial charge is 0.408 e. The third kappa shape index (κ3) is 7.19. The Balaban J connectivity index is 2.43. The molecule has 0 bridgehead atoms. The number of aliphatic hydroxyl groups excluding tert-OH is 1. The Morgan fingerprint density at radius 1 is 1.06 bits per heavy atom. The molecule has 9 heteroatoms. The normalized spacial score (nSPS) is 12.9. The molecule has 0 saturated heterocycles. The molecule has 0 aliphatic rings. The maximum atomic E-state index is 13.6. The molecule has 0 spiro atoms. The number of likely N-dealkylation sites (N-methyl/N-ethyl adjacent to an activating group) is 1. The average Bonchev–Trinajstić information content (AvgIpc) is 2.76. The molecule has 0 fully saturated rings. The van der Waals surface area contributed by atoms with Crippen LogP contribution < -0.4 is 10.6 Å². The Hall–Kier alpha value is -3.10. The van der Waals surface area contributed by atoms with Gasteiger partial charge in [0.05, 0.1) is 17.3 Å². The van der Waals surface area contributed by atoms with Crippen molar-refractivity contribution in [1.82, 2.24) is 10.2 Å². The van der Waals surface area contributed by atoms with Crippen molar-refractivity contribution in [1.29, 1.82) is 0 Å². The Bertz CT molecular complexity index is 1080. The molecular formula is C26H34ClN3O5. The van der Waals surface area contributed by atoms with E-state index in [1.807, 2.05) is 32.9 Å². The molecule has 3 N–H and O–H groups in total. The molecule has 0 aliphatic heterocycles. The lowest BCUT2D eigenvalue weighted by Gasteiger charge is -2.32. The van der Waals surface area contributed by atoms with Crippen LogP contribution in [0.3, 0.4) is 0 Å². The third-order valence-corrected chi connectivity index (χ3v) is 5.88. The van der Waals surface area contributed by atoms with Crippen LogP contribution >= 0.6 is 11.6 Å². The second kappa shape index (κ2) is 11.6. The number of benzene rings is 2. The number of nitrogens with one attached hydrogen (secondary N) is 2. The van der Waals surface area contributed by atoms with Crippen molar-refractivity contribution in [3.63, 3.8) is 0 Å². The van der Waals surface area contributed by atoms with Crippen LogP contribution in [0.2, 0.25) is 5.02 Å². The minimum atomic E-state index is -1.31. The number of ether oxygens (including phenoxy) is 1. The summed E-state index contributed by atoms with van der Waals surface area (Å²) in [7, 11) is 1.45. The number of halogens is 1. The van der Waals surface area contributed by atoms with Crippen molar-refractivity contribution < 1.29 is 24.2 Å². The molecule has 2 unspecified atom stereocenters. The topological polar surface area (TPSA) is 108 Å². The van der Waals surface area contributed by atoms with Gasteiger partial charge in [-0.2, -0.15) is 0 Å². The van der Waals surface area contributed by atoms with E-state index in [0.717, 1.165) is 16.7 Å². The number of hydrogen-bond donors (Lipinski definition) is 3. The summed E-state index contributed by atoms with van der Waals surface area (Å²) in [5.41, 5.74) is 2.81. The zero-order valence-electron chi connectivity index (χ0n) is 21.2. The minimum Gasteiger partial charge on any atom is -0.444 e. The molecule has 0 saturated carbocycles. The molecule has 0 aromatic heterocycles. The van der Waals surface area contributed by atoms with Gasteiger partial charge in [0.1, 0.15) is 17.7 Å². The summed E-state index contributed by atoms with van der Waals surface area (Å²) < 4.78 is 5.21. The van der Waals surface area contributed by atoms with Gasteiger partial charge in [0.2, 0.25) is 5.91 Å². The highest BCUT2D eigenvalue weighted by Gasteiger charge is 2.35. The molecule has 3 amide bonds. The van der Waals surface area contributed by atoms with E-state index in [1.165, 1.54) is 11.9 Å². The van der Waals surface area contributed by atoms with Gasteiger partial charge in [-0.15, -0.1) is 0 Å². The number of anilines is 1.